The fourth-order valence-electron chi connectivity index (χ4n) is 4.55. The third-order valence-corrected chi connectivity index (χ3v) is 7.75. The van der Waals surface area contributed by atoms with Crippen LogP contribution in [0.3, 0.4) is 0 Å². The van der Waals surface area contributed by atoms with Crippen LogP contribution < -0.4 is 5.56 Å². The Morgan fingerprint density at radius 1 is 1.00 bits per heavy atom. The molecule has 35 heavy (non-hydrogen) atoms. The van der Waals surface area contributed by atoms with Gasteiger partial charge in [-0.1, -0.05) is 30.3 Å². The van der Waals surface area contributed by atoms with Gasteiger partial charge in [-0.2, -0.15) is 4.52 Å². The number of likely N-dealkylation sites (tertiary alicyclic amines) is 1. The Hall–Kier alpha value is -2.82. The van der Waals surface area contributed by atoms with Crippen LogP contribution in [0.25, 0.3) is 22.2 Å². The molecule has 0 spiro atoms. The van der Waals surface area contributed by atoms with Crippen LogP contribution in [-0.4, -0.2) is 53.5 Å². The lowest BCUT2D eigenvalue weighted by Crippen LogP contribution is -2.31. The Balaban J connectivity index is 1.31. The summed E-state index contributed by atoms with van der Waals surface area (Å²) in [5.74, 6) is 1.34. The number of hydrogen-bond acceptors (Lipinski definition) is 7. The molecule has 178 valence electrons. The van der Waals surface area contributed by atoms with Gasteiger partial charge in [0.2, 0.25) is 0 Å². The summed E-state index contributed by atoms with van der Waals surface area (Å²) in [5.41, 5.74) is 2.92. The maximum atomic E-state index is 12.6. The van der Waals surface area contributed by atoms with Crippen LogP contribution in [0.15, 0.2) is 63.1 Å². The van der Waals surface area contributed by atoms with E-state index in [4.69, 9.17) is 15.1 Å². The van der Waals surface area contributed by atoms with Crippen molar-refractivity contribution in [1.29, 1.82) is 0 Å². The minimum Gasteiger partial charge on any atom is -0.303 e. The predicted molar refractivity (Wildman–Crippen MR) is 141 cm³/mol. The summed E-state index contributed by atoms with van der Waals surface area (Å²) in [5, 5.41) is 6.57. The molecule has 0 radical (unpaired) electrons. The van der Waals surface area contributed by atoms with Crippen molar-refractivity contribution >= 4 is 49.9 Å². The standard InChI is InChI=1S/C25H24BrN7OS/c26-17-8-9-22-27-18(14-23(34)32(22)15-17)16-35-25-28-20-7-3-2-6-19(20)24-29-21(30-33(24)25)10-13-31-11-4-1-5-12-31/h2-3,6-9,14-15H,1,4-5,10-13,16H2. The van der Waals surface area contributed by atoms with E-state index in [9.17, 15) is 4.79 Å². The van der Waals surface area contributed by atoms with Gasteiger partial charge in [0.1, 0.15) is 5.65 Å². The number of rotatable bonds is 6. The Morgan fingerprint density at radius 2 is 1.86 bits per heavy atom. The van der Waals surface area contributed by atoms with E-state index >= 15 is 0 Å². The third kappa shape index (κ3) is 4.70. The molecule has 1 fully saturated rings. The summed E-state index contributed by atoms with van der Waals surface area (Å²) in [7, 11) is 0. The minimum absolute atomic E-state index is 0.107. The molecule has 1 saturated heterocycles. The van der Waals surface area contributed by atoms with Crippen molar-refractivity contribution in [1.82, 2.24) is 33.9 Å². The first-order valence-electron chi connectivity index (χ1n) is 11.8. The van der Waals surface area contributed by atoms with Crippen molar-refractivity contribution in [3.05, 3.63) is 75.0 Å². The summed E-state index contributed by atoms with van der Waals surface area (Å²) in [6, 6.07) is 13.3. The molecule has 0 saturated carbocycles. The third-order valence-electron chi connectivity index (χ3n) is 6.32. The zero-order chi connectivity index (χ0) is 23.8. The molecule has 5 aromatic rings. The molecule has 1 aliphatic rings. The molecular weight excluding hydrogens is 526 g/mol. The van der Waals surface area contributed by atoms with Crippen LogP contribution in [0.5, 0.6) is 0 Å². The smallest absolute Gasteiger partial charge is 0.258 e. The summed E-state index contributed by atoms with van der Waals surface area (Å²) in [6.45, 7) is 3.30. The van der Waals surface area contributed by atoms with Crippen molar-refractivity contribution in [3.8, 4) is 0 Å². The van der Waals surface area contributed by atoms with Crippen LogP contribution in [-0.2, 0) is 12.2 Å². The lowest BCUT2D eigenvalue weighted by atomic mass is 10.1. The quantitative estimate of drug-likeness (QED) is 0.230. The number of hydrogen-bond donors (Lipinski definition) is 0. The van der Waals surface area contributed by atoms with E-state index in [1.807, 2.05) is 40.9 Å². The largest absolute Gasteiger partial charge is 0.303 e. The first kappa shape index (κ1) is 22.6. The van der Waals surface area contributed by atoms with Gasteiger partial charge in [0.25, 0.3) is 5.56 Å². The van der Waals surface area contributed by atoms with Gasteiger partial charge in [-0.15, -0.1) is 5.10 Å². The first-order valence-corrected chi connectivity index (χ1v) is 13.6. The monoisotopic (exact) mass is 549 g/mol. The number of thioether (sulfide) groups is 1. The van der Waals surface area contributed by atoms with Gasteiger partial charge in [0.05, 0.1) is 11.2 Å². The van der Waals surface area contributed by atoms with Gasteiger partial charge in [0.15, 0.2) is 16.6 Å². The molecule has 0 atom stereocenters. The predicted octanol–water partition coefficient (Wildman–Crippen LogP) is 4.37. The summed E-state index contributed by atoms with van der Waals surface area (Å²) in [4.78, 5) is 29.5. The van der Waals surface area contributed by atoms with E-state index in [1.165, 1.54) is 35.4 Å². The number of piperidine rings is 1. The molecule has 1 aliphatic heterocycles. The summed E-state index contributed by atoms with van der Waals surface area (Å²) in [6.07, 6.45) is 6.43. The van der Waals surface area contributed by atoms with E-state index in [-0.39, 0.29) is 5.56 Å². The van der Waals surface area contributed by atoms with Crippen molar-refractivity contribution < 1.29 is 0 Å². The molecular formula is C25H24BrN7OS. The lowest BCUT2D eigenvalue weighted by Gasteiger charge is -2.25. The molecule has 0 bridgehead atoms. The molecule has 10 heteroatoms. The van der Waals surface area contributed by atoms with E-state index < -0.39 is 0 Å². The van der Waals surface area contributed by atoms with Crippen LogP contribution in [0.2, 0.25) is 0 Å². The Labute approximate surface area is 214 Å². The Bertz CT molecular complexity index is 1590. The fourth-order valence-corrected chi connectivity index (χ4v) is 5.73. The van der Waals surface area contributed by atoms with Crippen molar-refractivity contribution in [2.24, 2.45) is 0 Å². The minimum atomic E-state index is -0.107. The van der Waals surface area contributed by atoms with Gasteiger partial charge in [-0.3, -0.25) is 9.20 Å². The second-order valence-corrected chi connectivity index (χ2v) is 10.6. The summed E-state index contributed by atoms with van der Waals surface area (Å²) >= 11 is 4.92. The Morgan fingerprint density at radius 3 is 2.74 bits per heavy atom. The summed E-state index contributed by atoms with van der Waals surface area (Å²) < 4.78 is 4.22. The van der Waals surface area contributed by atoms with Crippen LogP contribution in [0.1, 0.15) is 30.8 Å². The van der Waals surface area contributed by atoms with Gasteiger partial charge in [0, 0.05) is 40.8 Å². The molecule has 0 unspecified atom stereocenters. The number of benzene rings is 1. The number of aromatic nitrogens is 6. The highest BCUT2D eigenvalue weighted by Crippen LogP contribution is 2.26. The average molecular weight is 550 g/mol. The van der Waals surface area contributed by atoms with Gasteiger partial charge in [-0.05, 0) is 66.1 Å². The number of para-hydroxylation sites is 1. The molecule has 0 amide bonds. The Kier molecular flexibility index (Phi) is 6.26. The SMILES string of the molecule is O=c1cc(CSc2nc3ccccc3c3nc(CCN4CCCCC4)nn23)nc2ccc(Br)cn12. The number of nitrogens with zero attached hydrogens (tertiary/aromatic N) is 7. The second-order valence-electron chi connectivity index (χ2n) is 8.78. The highest BCUT2D eigenvalue weighted by molar-refractivity contribution is 9.10. The number of fused-ring (bicyclic) bond motifs is 4. The average Bonchev–Trinajstić information content (AvgIpc) is 3.32. The maximum Gasteiger partial charge on any atom is 0.258 e. The molecule has 5 heterocycles. The zero-order valence-corrected chi connectivity index (χ0v) is 21.5. The van der Waals surface area contributed by atoms with E-state index in [1.54, 1.807) is 12.3 Å². The molecule has 1 aromatic carbocycles. The van der Waals surface area contributed by atoms with Crippen LogP contribution >= 0.6 is 27.7 Å². The van der Waals surface area contributed by atoms with Crippen LogP contribution in [0.4, 0.5) is 0 Å². The molecule has 0 aliphatic carbocycles. The zero-order valence-electron chi connectivity index (χ0n) is 19.1. The first-order chi connectivity index (χ1) is 17.1. The highest BCUT2D eigenvalue weighted by Gasteiger charge is 2.16. The van der Waals surface area contributed by atoms with Crippen molar-refractivity contribution in [2.45, 2.75) is 36.6 Å². The van der Waals surface area contributed by atoms with Crippen molar-refractivity contribution in [3.63, 3.8) is 0 Å². The van der Waals surface area contributed by atoms with Gasteiger partial charge >= 0.3 is 0 Å². The van der Waals surface area contributed by atoms with E-state index in [2.05, 4.69) is 25.8 Å². The maximum absolute atomic E-state index is 12.6. The van der Waals surface area contributed by atoms with Crippen LogP contribution in [0, 0.1) is 0 Å². The molecule has 8 nitrogen and oxygen atoms in total. The van der Waals surface area contributed by atoms with Crippen molar-refractivity contribution in [2.75, 3.05) is 19.6 Å². The number of pyridine rings is 1. The van der Waals surface area contributed by atoms with Gasteiger partial charge < -0.3 is 4.90 Å². The topological polar surface area (TPSA) is 80.7 Å². The molecule has 4 aromatic heterocycles. The fraction of sp³-hybridized carbons (Fsp3) is 0.320. The lowest BCUT2D eigenvalue weighted by molar-refractivity contribution is 0.230. The molecule has 6 rings (SSSR count). The molecule has 0 N–H and O–H groups in total. The number of halogens is 1. The second kappa shape index (κ2) is 9.67. The van der Waals surface area contributed by atoms with E-state index in [0.717, 1.165) is 58.1 Å². The highest BCUT2D eigenvalue weighted by atomic mass is 79.9. The van der Waals surface area contributed by atoms with E-state index in [0.29, 0.717) is 17.1 Å². The normalized spacial score (nSPS) is 14.9. The van der Waals surface area contributed by atoms with Gasteiger partial charge in [-0.25, -0.2) is 15.0 Å².